The maximum absolute atomic E-state index is 13.3. The van der Waals surface area contributed by atoms with Crippen LogP contribution in [0.2, 0.25) is 5.02 Å². The predicted octanol–water partition coefficient (Wildman–Crippen LogP) is 2.98. The lowest BCUT2D eigenvalue weighted by molar-refractivity contribution is 0.0746. The first-order valence-electron chi connectivity index (χ1n) is 7.15. The van der Waals surface area contributed by atoms with Crippen LogP contribution in [-0.2, 0) is 0 Å². The molecule has 23 heavy (non-hydrogen) atoms. The van der Waals surface area contributed by atoms with Gasteiger partial charge in [0.2, 0.25) is 0 Å². The van der Waals surface area contributed by atoms with Gasteiger partial charge in [-0.2, -0.15) is 0 Å². The molecule has 1 aliphatic heterocycles. The molecule has 0 atom stereocenters. The van der Waals surface area contributed by atoms with E-state index in [1.807, 2.05) is 6.07 Å². The summed E-state index contributed by atoms with van der Waals surface area (Å²) in [7, 11) is 0. The molecule has 2 aromatic rings. The smallest absolute Gasteiger partial charge is 0.254 e. The first-order valence-corrected chi connectivity index (χ1v) is 7.53. The number of hydrogen-bond acceptors (Lipinski definition) is 3. The average molecular weight is 338 g/mol. The Morgan fingerprint density at radius 1 is 1.09 bits per heavy atom. The number of hydrogen-bond donors (Lipinski definition) is 0. The first-order chi connectivity index (χ1) is 11.1. The van der Waals surface area contributed by atoms with E-state index in [1.54, 1.807) is 17.3 Å². The van der Waals surface area contributed by atoms with Gasteiger partial charge in [-0.25, -0.2) is 8.78 Å². The van der Waals surface area contributed by atoms with Gasteiger partial charge in [0.15, 0.2) is 11.6 Å². The van der Waals surface area contributed by atoms with Crippen molar-refractivity contribution in [3.63, 3.8) is 0 Å². The number of carbonyl (C=O) groups is 1. The second-order valence-electron chi connectivity index (χ2n) is 5.24. The highest BCUT2D eigenvalue weighted by Crippen LogP contribution is 2.25. The van der Waals surface area contributed by atoms with E-state index in [2.05, 4.69) is 9.88 Å². The van der Waals surface area contributed by atoms with Crippen LogP contribution >= 0.6 is 11.6 Å². The summed E-state index contributed by atoms with van der Waals surface area (Å²) in [5, 5.41) is 0.563. The minimum absolute atomic E-state index is 0.152. The molecular weight excluding hydrogens is 324 g/mol. The Hall–Kier alpha value is -2.21. The number of amides is 1. The number of rotatable bonds is 2. The highest BCUT2D eigenvalue weighted by Gasteiger charge is 2.23. The van der Waals surface area contributed by atoms with Crippen LogP contribution in [0.15, 0.2) is 36.7 Å². The summed E-state index contributed by atoms with van der Waals surface area (Å²) in [6.07, 6.45) is 3.25. The van der Waals surface area contributed by atoms with E-state index in [0.29, 0.717) is 31.2 Å². The maximum Gasteiger partial charge on any atom is 0.254 e. The Morgan fingerprint density at radius 3 is 2.48 bits per heavy atom. The lowest BCUT2D eigenvalue weighted by Gasteiger charge is -2.36. The number of carbonyl (C=O) groups excluding carboxylic acids is 1. The lowest BCUT2D eigenvalue weighted by Crippen LogP contribution is -2.48. The molecule has 0 unspecified atom stereocenters. The zero-order chi connectivity index (χ0) is 16.4. The molecule has 0 aliphatic carbocycles. The number of aromatic nitrogens is 1. The average Bonchev–Trinajstić information content (AvgIpc) is 2.57. The van der Waals surface area contributed by atoms with Gasteiger partial charge >= 0.3 is 0 Å². The van der Waals surface area contributed by atoms with E-state index in [4.69, 9.17) is 11.6 Å². The molecule has 1 fully saturated rings. The Kier molecular flexibility index (Phi) is 4.43. The highest BCUT2D eigenvalue weighted by molar-refractivity contribution is 6.33. The standard InChI is InChI=1S/C16H14ClF2N3O/c17-12-10-20-4-3-15(12)21-5-7-22(8-6-21)16(23)11-1-2-13(18)14(19)9-11/h1-4,9-10H,5-8H2. The van der Waals surface area contributed by atoms with Gasteiger partial charge in [0.1, 0.15) is 0 Å². The second kappa shape index (κ2) is 6.50. The Balaban J connectivity index is 1.68. The van der Waals surface area contributed by atoms with Crippen molar-refractivity contribution < 1.29 is 13.6 Å². The van der Waals surface area contributed by atoms with Gasteiger partial charge in [0.25, 0.3) is 5.91 Å². The van der Waals surface area contributed by atoms with Crippen molar-refractivity contribution in [3.05, 3.63) is 58.9 Å². The number of anilines is 1. The Labute approximate surface area is 137 Å². The topological polar surface area (TPSA) is 36.4 Å². The van der Waals surface area contributed by atoms with Crippen molar-refractivity contribution in [2.24, 2.45) is 0 Å². The largest absolute Gasteiger partial charge is 0.367 e. The van der Waals surface area contributed by atoms with Crippen molar-refractivity contribution in [2.45, 2.75) is 0 Å². The van der Waals surface area contributed by atoms with Crippen molar-refractivity contribution >= 4 is 23.2 Å². The van der Waals surface area contributed by atoms with Crippen LogP contribution in [-0.4, -0.2) is 42.0 Å². The van der Waals surface area contributed by atoms with Gasteiger partial charge in [-0.15, -0.1) is 0 Å². The monoisotopic (exact) mass is 337 g/mol. The fraction of sp³-hybridized carbons (Fsp3) is 0.250. The summed E-state index contributed by atoms with van der Waals surface area (Å²) < 4.78 is 26.2. The molecule has 1 aliphatic rings. The van der Waals surface area contributed by atoms with Crippen molar-refractivity contribution in [1.82, 2.24) is 9.88 Å². The fourth-order valence-corrected chi connectivity index (χ4v) is 2.83. The van der Waals surface area contributed by atoms with Crippen LogP contribution in [0, 0.1) is 11.6 Å². The molecular formula is C16H14ClF2N3O. The van der Waals surface area contributed by atoms with Crippen molar-refractivity contribution in [2.75, 3.05) is 31.1 Å². The molecule has 0 radical (unpaired) electrons. The molecule has 2 heterocycles. The van der Waals surface area contributed by atoms with E-state index in [1.165, 1.54) is 6.07 Å². The molecule has 1 aromatic heterocycles. The van der Waals surface area contributed by atoms with Crippen molar-refractivity contribution in [3.8, 4) is 0 Å². The fourth-order valence-electron chi connectivity index (χ4n) is 2.59. The highest BCUT2D eigenvalue weighted by atomic mass is 35.5. The third-order valence-electron chi connectivity index (χ3n) is 3.83. The maximum atomic E-state index is 13.3. The van der Waals surface area contributed by atoms with Gasteiger partial charge in [-0.1, -0.05) is 11.6 Å². The number of benzene rings is 1. The minimum atomic E-state index is -1.02. The molecule has 1 amide bonds. The van der Waals surface area contributed by atoms with Crippen LogP contribution in [0.3, 0.4) is 0 Å². The summed E-state index contributed by atoms with van der Waals surface area (Å²) in [5.41, 5.74) is 1.03. The normalized spacial score (nSPS) is 14.9. The van der Waals surface area contributed by atoms with Gasteiger partial charge < -0.3 is 9.80 Å². The molecule has 0 saturated carbocycles. The Bertz CT molecular complexity index is 733. The Morgan fingerprint density at radius 2 is 1.83 bits per heavy atom. The van der Waals surface area contributed by atoms with Gasteiger partial charge in [0, 0.05) is 44.1 Å². The van der Waals surface area contributed by atoms with Crippen molar-refractivity contribution in [1.29, 1.82) is 0 Å². The summed E-state index contributed by atoms with van der Waals surface area (Å²) in [6, 6.07) is 5.03. The van der Waals surface area contributed by atoms with Crippen LogP contribution < -0.4 is 4.90 Å². The summed E-state index contributed by atoms with van der Waals surface area (Å²) in [6.45, 7) is 2.19. The van der Waals surface area contributed by atoms with Gasteiger partial charge in [-0.05, 0) is 24.3 Å². The van der Waals surface area contributed by atoms with E-state index < -0.39 is 11.6 Å². The molecule has 120 valence electrons. The summed E-state index contributed by atoms with van der Waals surface area (Å²) >= 11 is 6.12. The molecule has 1 saturated heterocycles. The molecule has 3 rings (SSSR count). The van der Waals surface area contributed by atoms with E-state index in [9.17, 15) is 13.6 Å². The molecule has 0 bridgehead atoms. The molecule has 1 aromatic carbocycles. The van der Waals surface area contributed by atoms with Crippen LogP contribution in [0.25, 0.3) is 0 Å². The van der Waals surface area contributed by atoms with Gasteiger partial charge in [-0.3, -0.25) is 9.78 Å². The zero-order valence-corrected chi connectivity index (χ0v) is 12.9. The predicted molar refractivity (Wildman–Crippen MR) is 83.7 cm³/mol. The number of nitrogens with zero attached hydrogens (tertiary/aromatic N) is 3. The number of halogens is 3. The van der Waals surface area contributed by atoms with E-state index in [0.717, 1.165) is 17.8 Å². The van der Waals surface area contributed by atoms with E-state index >= 15 is 0 Å². The van der Waals surface area contributed by atoms with Crippen LogP contribution in [0.5, 0.6) is 0 Å². The first kappa shape index (κ1) is 15.7. The van der Waals surface area contributed by atoms with Crippen LogP contribution in [0.1, 0.15) is 10.4 Å². The third kappa shape index (κ3) is 3.27. The minimum Gasteiger partial charge on any atom is -0.367 e. The molecule has 7 heteroatoms. The third-order valence-corrected chi connectivity index (χ3v) is 4.12. The molecule has 0 spiro atoms. The quantitative estimate of drug-likeness (QED) is 0.845. The zero-order valence-electron chi connectivity index (χ0n) is 12.2. The van der Waals surface area contributed by atoms with Crippen LogP contribution in [0.4, 0.5) is 14.5 Å². The lowest BCUT2D eigenvalue weighted by atomic mass is 10.1. The molecule has 0 N–H and O–H groups in total. The van der Waals surface area contributed by atoms with E-state index in [-0.39, 0.29) is 11.5 Å². The van der Waals surface area contributed by atoms with Gasteiger partial charge in [0.05, 0.1) is 10.7 Å². The SMILES string of the molecule is O=C(c1ccc(F)c(F)c1)N1CCN(c2ccncc2Cl)CC1. The summed E-state index contributed by atoms with van der Waals surface area (Å²) in [5.74, 6) is -2.28. The molecule has 4 nitrogen and oxygen atoms in total. The summed E-state index contributed by atoms with van der Waals surface area (Å²) in [4.78, 5) is 20.0. The second-order valence-corrected chi connectivity index (χ2v) is 5.64. The number of piperazine rings is 1. The number of pyridine rings is 1.